The minimum absolute atomic E-state index is 0.165. The van der Waals surface area contributed by atoms with Crippen molar-refractivity contribution >= 4 is 21.8 Å². The standard InChI is InChI=1S/C15H28BrNO/c1-11(2)13(8-10-16)17-14(18)12-7-5-6-9-15(12,3)4/h11-13H,5-10H2,1-4H3,(H,17,18). The molecule has 1 amide bonds. The molecule has 1 aliphatic rings. The fourth-order valence-electron chi connectivity index (χ4n) is 2.95. The van der Waals surface area contributed by atoms with Gasteiger partial charge in [0.25, 0.3) is 0 Å². The highest BCUT2D eigenvalue weighted by Crippen LogP contribution is 2.40. The third kappa shape index (κ3) is 4.25. The van der Waals surface area contributed by atoms with E-state index in [0.717, 1.165) is 18.2 Å². The van der Waals surface area contributed by atoms with Gasteiger partial charge in [0.1, 0.15) is 0 Å². The van der Waals surface area contributed by atoms with Crippen LogP contribution in [0.15, 0.2) is 0 Å². The first-order chi connectivity index (χ1) is 8.38. The molecule has 0 radical (unpaired) electrons. The fraction of sp³-hybridized carbons (Fsp3) is 0.933. The largest absolute Gasteiger partial charge is 0.353 e. The van der Waals surface area contributed by atoms with Gasteiger partial charge in [0.2, 0.25) is 5.91 Å². The summed E-state index contributed by atoms with van der Waals surface area (Å²) in [5, 5.41) is 4.22. The van der Waals surface area contributed by atoms with Gasteiger partial charge >= 0.3 is 0 Å². The summed E-state index contributed by atoms with van der Waals surface area (Å²) in [6, 6.07) is 0.301. The van der Waals surface area contributed by atoms with Crippen molar-refractivity contribution in [1.82, 2.24) is 5.32 Å². The predicted molar refractivity (Wildman–Crippen MR) is 80.9 cm³/mol. The number of hydrogen-bond donors (Lipinski definition) is 1. The zero-order chi connectivity index (χ0) is 13.8. The van der Waals surface area contributed by atoms with E-state index in [2.05, 4.69) is 48.9 Å². The topological polar surface area (TPSA) is 29.1 Å². The van der Waals surface area contributed by atoms with Crippen molar-refractivity contribution in [3.8, 4) is 0 Å². The van der Waals surface area contributed by atoms with Crippen molar-refractivity contribution in [1.29, 1.82) is 0 Å². The summed E-state index contributed by atoms with van der Waals surface area (Å²) in [4.78, 5) is 12.5. The van der Waals surface area contributed by atoms with E-state index in [1.807, 2.05) is 0 Å². The van der Waals surface area contributed by atoms with Crippen molar-refractivity contribution in [2.24, 2.45) is 17.3 Å². The van der Waals surface area contributed by atoms with E-state index in [0.29, 0.717) is 12.0 Å². The lowest BCUT2D eigenvalue weighted by molar-refractivity contribution is -0.131. The van der Waals surface area contributed by atoms with Gasteiger partial charge in [0.15, 0.2) is 0 Å². The van der Waals surface area contributed by atoms with E-state index in [1.54, 1.807) is 0 Å². The maximum atomic E-state index is 12.5. The van der Waals surface area contributed by atoms with Crippen LogP contribution >= 0.6 is 15.9 Å². The molecule has 1 saturated carbocycles. The van der Waals surface area contributed by atoms with Crippen LogP contribution in [0.5, 0.6) is 0 Å². The van der Waals surface area contributed by atoms with Gasteiger partial charge < -0.3 is 5.32 Å². The number of alkyl halides is 1. The first-order valence-corrected chi connectivity index (χ1v) is 8.37. The Hall–Kier alpha value is -0.0500. The molecular formula is C15H28BrNO. The predicted octanol–water partition coefficient (Wildman–Crippen LogP) is 4.13. The lowest BCUT2D eigenvalue weighted by Crippen LogP contribution is -2.46. The van der Waals surface area contributed by atoms with Gasteiger partial charge in [0.05, 0.1) is 0 Å². The van der Waals surface area contributed by atoms with Crippen molar-refractivity contribution in [2.75, 3.05) is 5.33 Å². The number of rotatable bonds is 5. The van der Waals surface area contributed by atoms with Crippen LogP contribution in [0.4, 0.5) is 0 Å². The summed E-state index contributed by atoms with van der Waals surface area (Å²) in [5.74, 6) is 0.973. The molecule has 1 aliphatic carbocycles. The molecule has 3 heteroatoms. The first kappa shape index (κ1) is 16.0. The highest BCUT2D eigenvalue weighted by molar-refractivity contribution is 9.09. The van der Waals surface area contributed by atoms with Gasteiger partial charge in [-0.05, 0) is 30.6 Å². The van der Waals surface area contributed by atoms with Crippen LogP contribution in [-0.2, 0) is 4.79 Å². The average Bonchev–Trinajstić information content (AvgIpc) is 2.27. The number of halogens is 1. The fourth-order valence-corrected chi connectivity index (χ4v) is 3.45. The lowest BCUT2D eigenvalue weighted by Gasteiger charge is -2.38. The van der Waals surface area contributed by atoms with Crippen LogP contribution in [0.25, 0.3) is 0 Å². The number of hydrogen-bond acceptors (Lipinski definition) is 1. The highest BCUT2D eigenvalue weighted by atomic mass is 79.9. The van der Waals surface area contributed by atoms with E-state index in [4.69, 9.17) is 0 Å². The van der Waals surface area contributed by atoms with Gasteiger partial charge in [-0.3, -0.25) is 4.79 Å². The van der Waals surface area contributed by atoms with Crippen LogP contribution in [0, 0.1) is 17.3 Å². The average molecular weight is 318 g/mol. The molecule has 0 heterocycles. The maximum Gasteiger partial charge on any atom is 0.223 e. The van der Waals surface area contributed by atoms with Crippen LogP contribution < -0.4 is 5.32 Å². The van der Waals surface area contributed by atoms with Gasteiger partial charge in [-0.1, -0.05) is 56.5 Å². The molecule has 1 N–H and O–H groups in total. The maximum absolute atomic E-state index is 12.5. The molecule has 0 bridgehead atoms. The Morgan fingerprint density at radius 2 is 2.06 bits per heavy atom. The monoisotopic (exact) mass is 317 g/mol. The minimum atomic E-state index is 0.165. The number of carbonyl (C=O) groups excluding carboxylic acids is 1. The molecule has 18 heavy (non-hydrogen) atoms. The normalized spacial score (nSPS) is 24.9. The van der Waals surface area contributed by atoms with E-state index in [9.17, 15) is 4.79 Å². The van der Waals surface area contributed by atoms with Gasteiger partial charge in [0, 0.05) is 17.3 Å². The lowest BCUT2D eigenvalue weighted by atomic mass is 9.68. The molecule has 2 atom stereocenters. The summed E-state index contributed by atoms with van der Waals surface area (Å²) < 4.78 is 0. The smallest absolute Gasteiger partial charge is 0.223 e. The van der Waals surface area contributed by atoms with Gasteiger partial charge in [-0.25, -0.2) is 0 Å². The van der Waals surface area contributed by atoms with Crippen LogP contribution in [0.2, 0.25) is 0 Å². The molecule has 1 fully saturated rings. The summed E-state index contributed by atoms with van der Waals surface area (Å²) in [6.07, 6.45) is 5.71. The highest BCUT2D eigenvalue weighted by Gasteiger charge is 2.37. The molecular weight excluding hydrogens is 290 g/mol. The van der Waals surface area contributed by atoms with Crippen LogP contribution in [0.1, 0.15) is 59.8 Å². The van der Waals surface area contributed by atoms with E-state index in [-0.39, 0.29) is 17.2 Å². The molecule has 0 saturated heterocycles. The Kier molecular flexibility index (Phi) is 6.16. The van der Waals surface area contributed by atoms with E-state index in [1.165, 1.54) is 19.3 Å². The summed E-state index contributed by atoms with van der Waals surface area (Å²) in [5.41, 5.74) is 0.165. The second kappa shape index (κ2) is 6.93. The SMILES string of the molecule is CC(C)C(CCBr)NC(=O)C1CCCCC1(C)C. The van der Waals surface area contributed by atoms with Crippen molar-refractivity contribution in [3.63, 3.8) is 0 Å². The van der Waals surface area contributed by atoms with E-state index >= 15 is 0 Å². The van der Waals surface area contributed by atoms with Gasteiger partial charge in [-0.2, -0.15) is 0 Å². The third-order valence-corrected chi connectivity index (χ3v) is 4.83. The number of amides is 1. The van der Waals surface area contributed by atoms with Crippen molar-refractivity contribution in [3.05, 3.63) is 0 Å². The third-order valence-electron chi connectivity index (χ3n) is 4.38. The number of nitrogens with one attached hydrogen (secondary N) is 1. The van der Waals surface area contributed by atoms with Gasteiger partial charge in [-0.15, -0.1) is 0 Å². The molecule has 0 aromatic heterocycles. The molecule has 2 unspecified atom stereocenters. The van der Waals surface area contributed by atoms with E-state index < -0.39 is 0 Å². The molecule has 1 rings (SSSR count). The summed E-state index contributed by atoms with van der Waals surface area (Å²) in [6.45, 7) is 8.84. The molecule has 0 spiro atoms. The number of carbonyl (C=O) groups is 1. The Balaban J connectivity index is 2.62. The second-order valence-electron chi connectivity index (χ2n) is 6.62. The zero-order valence-corrected chi connectivity index (χ0v) is 13.8. The molecule has 0 aromatic carbocycles. The van der Waals surface area contributed by atoms with Crippen molar-refractivity contribution in [2.45, 2.75) is 65.8 Å². The minimum Gasteiger partial charge on any atom is -0.353 e. The van der Waals surface area contributed by atoms with Crippen LogP contribution in [-0.4, -0.2) is 17.3 Å². The Morgan fingerprint density at radius 1 is 1.39 bits per heavy atom. The summed E-state index contributed by atoms with van der Waals surface area (Å²) in [7, 11) is 0. The van der Waals surface area contributed by atoms with Crippen LogP contribution in [0.3, 0.4) is 0 Å². The molecule has 2 nitrogen and oxygen atoms in total. The molecule has 0 aliphatic heterocycles. The Morgan fingerprint density at radius 3 is 2.56 bits per heavy atom. The zero-order valence-electron chi connectivity index (χ0n) is 12.3. The second-order valence-corrected chi connectivity index (χ2v) is 7.42. The quantitative estimate of drug-likeness (QED) is 0.759. The van der Waals surface area contributed by atoms with Crippen molar-refractivity contribution < 1.29 is 4.79 Å². The first-order valence-electron chi connectivity index (χ1n) is 7.25. The molecule has 0 aromatic rings. The summed E-state index contributed by atoms with van der Waals surface area (Å²) >= 11 is 3.48. The Bertz CT molecular complexity index is 276. The molecule has 106 valence electrons. The Labute approximate surface area is 120 Å².